The molecule has 510 valence electrons. The molecule has 0 unspecified atom stereocenters. The summed E-state index contributed by atoms with van der Waals surface area (Å²) in [6.07, 6.45) is 0. The van der Waals surface area contributed by atoms with Gasteiger partial charge in [0, 0.05) is 33.4 Å². The van der Waals surface area contributed by atoms with Gasteiger partial charge in [0.1, 0.15) is 0 Å². The van der Waals surface area contributed by atoms with Gasteiger partial charge in [0.15, 0.2) is 34.9 Å². The van der Waals surface area contributed by atoms with Gasteiger partial charge in [-0.15, -0.1) is 0 Å². The minimum atomic E-state index is 0.568. The Bertz CT molecular complexity index is 7130. The number of fused-ring (bicyclic) bond motifs is 8. The number of rotatable bonds is 12. The number of aromatic nitrogens is 6. The van der Waals surface area contributed by atoms with Crippen molar-refractivity contribution < 1.29 is 0 Å². The van der Waals surface area contributed by atoms with E-state index in [4.69, 9.17) is 29.9 Å². The molecule has 0 fully saturated rings. The Kier molecular flexibility index (Phi) is 15.5. The van der Waals surface area contributed by atoms with Crippen molar-refractivity contribution in [2.45, 2.75) is 0 Å². The van der Waals surface area contributed by atoms with Crippen molar-refractivity contribution in [1.82, 2.24) is 29.9 Å². The van der Waals surface area contributed by atoms with Crippen LogP contribution < -0.4 is 0 Å². The van der Waals surface area contributed by atoms with Gasteiger partial charge in [0.05, 0.1) is 0 Å². The summed E-state index contributed by atoms with van der Waals surface area (Å²) in [4.78, 5) is 32.1. The highest BCUT2D eigenvalue weighted by Crippen LogP contribution is 2.48. The second kappa shape index (κ2) is 26.7. The molecule has 2 aromatic heterocycles. The first kappa shape index (κ1) is 63.7. The lowest BCUT2D eigenvalue weighted by molar-refractivity contribution is 1.08. The van der Waals surface area contributed by atoms with Crippen LogP contribution in [0.5, 0.6) is 0 Å². The third kappa shape index (κ3) is 11.1. The fraction of sp³-hybridized carbons (Fsp3) is 0. The van der Waals surface area contributed by atoms with Crippen molar-refractivity contribution >= 4 is 86.2 Å². The van der Waals surface area contributed by atoms with E-state index in [2.05, 4.69) is 370 Å². The van der Waals surface area contributed by atoms with Crippen molar-refractivity contribution in [2.24, 2.45) is 0 Å². The molecule has 0 saturated carbocycles. The van der Waals surface area contributed by atoms with Crippen molar-refractivity contribution in [3.63, 3.8) is 0 Å². The van der Waals surface area contributed by atoms with Gasteiger partial charge in [0.2, 0.25) is 0 Å². The predicted octanol–water partition coefficient (Wildman–Crippen LogP) is 27.3. The third-order valence-electron chi connectivity index (χ3n) is 22.0. The molecule has 21 aromatic rings. The Labute approximate surface area is 635 Å². The van der Waals surface area contributed by atoms with Crippen molar-refractivity contribution in [3.8, 4) is 135 Å². The Hall–Kier alpha value is -14.7. The van der Waals surface area contributed by atoms with Crippen LogP contribution in [-0.2, 0) is 0 Å². The zero-order valence-electron chi connectivity index (χ0n) is 59.6. The zero-order chi connectivity index (χ0) is 72.6. The maximum absolute atomic E-state index is 5.40. The summed E-state index contributed by atoms with van der Waals surface area (Å²) < 4.78 is 0. The Balaban J connectivity index is 0.640. The minimum absolute atomic E-state index is 0.568. The topological polar surface area (TPSA) is 77.3 Å². The molecule has 0 aliphatic heterocycles. The van der Waals surface area contributed by atoms with Gasteiger partial charge in [-0.1, -0.05) is 376 Å². The maximum atomic E-state index is 5.40. The Morgan fingerprint density at radius 3 is 0.891 bits per heavy atom. The Morgan fingerprint density at radius 2 is 0.400 bits per heavy atom. The van der Waals surface area contributed by atoms with E-state index in [1.54, 1.807) is 0 Å². The van der Waals surface area contributed by atoms with Gasteiger partial charge >= 0.3 is 0 Å². The highest BCUT2D eigenvalue weighted by molar-refractivity contribution is 6.24. The number of nitrogens with zero attached hydrogens (tertiary/aromatic N) is 6. The molecular formula is C104H64N6. The highest BCUT2D eigenvalue weighted by Gasteiger charge is 2.23. The second-order valence-corrected chi connectivity index (χ2v) is 28.3. The van der Waals surface area contributed by atoms with Gasteiger partial charge in [-0.25, -0.2) is 29.9 Å². The summed E-state index contributed by atoms with van der Waals surface area (Å²) in [5.41, 5.74) is 19.2. The lowest BCUT2D eigenvalue weighted by atomic mass is 9.84. The smallest absolute Gasteiger partial charge is 0.164 e. The van der Waals surface area contributed by atoms with Crippen LogP contribution in [0.4, 0.5) is 0 Å². The average Bonchev–Trinajstić information content (AvgIpc) is 0.735. The van der Waals surface area contributed by atoms with E-state index in [1.165, 1.54) is 109 Å². The van der Waals surface area contributed by atoms with E-state index in [0.29, 0.717) is 34.9 Å². The lowest BCUT2D eigenvalue weighted by Crippen LogP contribution is -2.01. The first-order valence-electron chi connectivity index (χ1n) is 37.4. The molecule has 0 N–H and O–H groups in total. The first-order valence-corrected chi connectivity index (χ1v) is 37.4. The van der Waals surface area contributed by atoms with Crippen LogP contribution >= 0.6 is 0 Å². The highest BCUT2D eigenvalue weighted by atomic mass is 15.0. The van der Waals surface area contributed by atoms with E-state index in [-0.39, 0.29) is 0 Å². The minimum Gasteiger partial charge on any atom is -0.208 e. The number of hydrogen-bond donors (Lipinski definition) is 0. The normalized spacial score (nSPS) is 11.6. The largest absolute Gasteiger partial charge is 0.208 e. The standard InChI is InChI=1S/C104H64N6/c1-2-26-72(27-3-1)99-105-100(73-58-56-71(57-59-73)97-89-39-14-16-41-91(89)98(92-42-17-15-40-90(92)97)84-46-19-29-67-24-6-8-33-79(67)84)109-104(107-99)94-48-22-44-82-81(43-21-45-83(82)94)77-31-18-32-78(64-77)102-106-101(108-103(110-102)93-47-20-30-68-25-7-9-34-80(68)93)74-60-54-70(55-61-74)96-87-37-12-10-35-85(87)95(86-36-11-13-38-88(86)96)69-52-49-66(50-53-69)76-62-51-65-23-4-5-28-75(65)63-76/h1-64H. The van der Waals surface area contributed by atoms with Crippen LogP contribution in [0.15, 0.2) is 388 Å². The quantitative estimate of drug-likeness (QED) is 0.113. The predicted molar refractivity (Wildman–Crippen MR) is 458 cm³/mol. The fourth-order valence-corrected chi connectivity index (χ4v) is 16.8. The van der Waals surface area contributed by atoms with Crippen molar-refractivity contribution in [1.29, 1.82) is 0 Å². The van der Waals surface area contributed by atoms with Crippen LogP contribution in [0.1, 0.15) is 0 Å². The second-order valence-electron chi connectivity index (χ2n) is 28.3. The van der Waals surface area contributed by atoms with Crippen LogP contribution in [0.2, 0.25) is 0 Å². The number of hydrogen-bond acceptors (Lipinski definition) is 6. The van der Waals surface area contributed by atoms with Crippen molar-refractivity contribution in [3.05, 3.63) is 388 Å². The molecule has 0 aliphatic rings. The molecule has 0 atom stereocenters. The maximum Gasteiger partial charge on any atom is 0.164 e. The fourth-order valence-electron chi connectivity index (χ4n) is 16.8. The summed E-state index contributed by atoms with van der Waals surface area (Å²) in [7, 11) is 0. The van der Waals surface area contributed by atoms with Crippen LogP contribution in [-0.4, -0.2) is 29.9 Å². The van der Waals surface area contributed by atoms with Crippen LogP contribution in [0.3, 0.4) is 0 Å². The molecule has 110 heavy (non-hydrogen) atoms. The van der Waals surface area contributed by atoms with E-state index in [1.807, 2.05) is 18.2 Å². The molecule has 0 saturated heterocycles. The van der Waals surface area contributed by atoms with Gasteiger partial charge in [-0.3, -0.25) is 0 Å². The van der Waals surface area contributed by atoms with Gasteiger partial charge in [-0.2, -0.15) is 0 Å². The summed E-state index contributed by atoms with van der Waals surface area (Å²) >= 11 is 0. The summed E-state index contributed by atoms with van der Waals surface area (Å²) in [6, 6.07) is 139. The lowest BCUT2D eigenvalue weighted by Gasteiger charge is -2.19. The molecule has 2 heterocycles. The van der Waals surface area contributed by atoms with Gasteiger partial charge < -0.3 is 0 Å². The molecule has 0 amide bonds. The van der Waals surface area contributed by atoms with E-state index < -0.39 is 0 Å². The first-order chi connectivity index (χ1) is 54.5. The molecule has 0 radical (unpaired) electrons. The molecule has 19 aromatic carbocycles. The molecule has 21 rings (SSSR count). The van der Waals surface area contributed by atoms with Gasteiger partial charge in [0.25, 0.3) is 0 Å². The average molecular weight is 1400 g/mol. The van der Waals surface area contributed by atoms with Crippen LogP contribution in [0.25, 0.3) is 221 Å². The summed E-state index contributed by atoms with van der Waals surface area (Å²) in [5, 5.41) is 18.7. The molecule has 6 nitrogen and oxygen atoms in total. The van der Waals surface area contributed by atoms with Gasteiger partial charge in [-0.05, 0) is 165 Å². The zero-order valence-corrected chi connectivity index (χ0v) is 59.6. The van der Waals surface area contributed by atoms with Crippen LogP contribution in [0, 0.1) is 0 Å². The van der Waals surface area contributed by atoms with E-state index >= 15 is 0 Å². The monoisotopic (exact) mass is 1400 g/mol. The van der Waals surface area contributed by atoms with E-state index in [9.17, 15) is 0 Å². The van der Waals surface area contributed by atoms with Crippen molar-refractivity contribution in [2.75, 3.05) is 0 Å². The van der Waals surface area contributed by atoms with E-state index in [0.717, 1.165) is 77.2 Å². The molecule has 6 heteroatoms. The molecule has 0 aliphatic carbocycles. The molecule has 0 spiro atoms. The summed E-state index contributed by atoms with van der Waals surface area (Å²) in [6.45, 7) is 0. The Morgan fingerprint density at radius 1 is 0.118 bits per heavy atom. The third-order valence-corrected chi connectivity index (χ3v) is 22.0. The SMILES string of the molecule is c1ccc(-c2nc(-c3ccc(-c4c5ccccc5c(-c5cccc6ccccc56)c5ccccc45)cc3)nc(-c3cccc4c(-c5cccc(-c6nc(-c7ccc(-c8c9ccccc9c(-c9ccc(-c%10ccc%11ccccc%11c%10)cc9)c9ccccc89)cc7)nc(-c7cccc8ccccc78)n6)c5)cccc34)n2)cc1. The summed E-state index contributed by atoms with van der Waals surface area (Å²) in [5.74, 6) is 3.50. The number of benzene rings is 19. The molecular weight excluding hydrogens is 1330 g/mol. The molecule has 0 bridgehead atoms.